The van der Waals surface area contributed by atoms with Gasteiger partial charge in [-0.25, -0.2) is 27.8 Å². The number of hydrogen-bond donors (Lipinski definition) is 1. The number of aromatic nitrogens is 7. The fourth-order valence-electron chi connectivity index (χ4n) is 4.07. The van der Waals surface area contributed by atoms with Crippen molar-refractivity contribution in [3.63, 3.8) is 0 Å². The Morgan fingerprint density at radius 2 is 1.59 bits per heavy atom. The molecule has 12 heteroatoms. The van der Waals surface area contributed by atoms with Gasteiger partial charge in [-0.15, -0.1) is 0 Å². The Morgan fingerprint density at radius 1 is 0.971 bits per heavy atom. The van der Waals surface area contributed by atoms with Crippen LogP contribution in [-0.2, 0) is 18.0 Å². The number of nitrogens with one attached hydrogen (secondary N) is 1. The summed E-state index contributed by atoms with van der Waals surface area (Å²) < 4.78 is 33.0. The zero-order valence-electron chi connectivity index (χ0n) is 19.7. The molecule has 1 N–H and O–H groups in total. The van der Waals surface area contributed by atoms with Gasteiger partial charge in [-0.2, -0.15) is 15.3 Å². The van der Waals surface area contributed by atoms with Crippen molar-refractivity contribution in [1.82, 2.24) is 34.3 Å². The number of carbonyl (C=O) groups is 1. The summed E-state index contributed by atoms with van der Waals surface area (Å²) in [5.74, 6) is -0.356. The molecule has 0 bridgehead atoms. The summed E-state index contributed by atoms with van der Waals surface area (Å²) in [5.41, 5.74) is 4.85. The summed E-state index contributed by atoms with van der Waals surface area (Å²) in [4.78, 5) is 17.3. The van der Waals surface area contributed by atoms with Gasteiger partial charge in [-0.05, 0) is 63.5 Å². The van der Waals surface area contributed by atoms with E-state index >= 15 is 0 Å². The third kappa shape index (κ3) is 4.22. The smallest absolute Gasteiger partial charge is 0.264 e. The standard InChI is InChI=1S/C22H25BrF2N8O/c1-10-7-16(21(24)25)18-11(2)28-31(22(18)26-10)8-17(34)27-20-13(4)30-33(15(20)6)9-32-14(5)19(23)12(3)29-32/h7,21H,8-9H2,1-6H3,(H,27,34). The van der Waals surface area contributed by atoms with Crippen molar-refractivity contribution >= 4 is 38.6 Å². The lowest BCUT2D eigenvalue weighted by molar-refractivity contribution is -0.116. The number of halogens is 3. The second-order valence-electron chi connectivity index (χ2n) is 8.31. The van der Waals surface area contributed by atoms with Crippen molar-refractivity contribution in [2.45, 2.75) is 61.2 Å². The summed E-state index contributed by atoms with van der Waals surface area (Å²) in [6.45, 7) is 11.1. The first-order chi connectivity index (χ1) is 16.0. The molecular formula is C22H25BrF2N8O. The third-order valence-corrected chi connectivity index (χ3v) is 6.92. The van der Waals surface area contributed by atoms with Gasteiger partial charge in [-0.1, -0.05) is 0 Å². The molecule has 9 nitrogen and oxygen atoms in total. The van der Waals surface area contributed by atoms with E-state index in [4.69, 9.17) is 0 Å². The average molecular weight is 535 g/mol. The normalized spacial score (nSPS) is 11.7. The van der Waals surface area contributed by atoms with Crippen LogP contribution in [0.3, 0.4) is 0 Å². The van der Waals surface area contributed by atoms with Crippen LogP contribution in [0.15, 0.2) is 10.5 Å². The minimum atomic E-state index is -2.66. The van der Waals surface area contributed by atoms with Gasteiger partial charge in [0.15, 0.2) is 5.65 Å². The maximum atomic E-state index is 13.5. The fraction of sp³-hybridized carbons (Fsp3) is 0.409. The maximum absolute atomic E-state index is 13.5. The predicted octanol–water partition coefficient (Wildman–Crippen LogP) is 4.52. The Hall–Kier alpha value is -3.15. The molecule has 0 fully saturated rings. The molecule has 0 atom stereocenters. The van der Waals surface area contributed by atoms with Gasteiger partial charge >= 0.3 is 0 Å². The van der Waals surface area contributed by atoms with E-state index in [1.807, 2.05) is 32.4 Å². The van der Waals surface area contributed by atoms with Gasteiger partial charge in [0.2, 0.25) is 5.91 Å². The Labute approximate surface area is 203 Å². The van der Waals surface area contributed by atoms with E-state index in [1.165, 1.54) is 10.7 Å². The van der Waals surface area contributed by atoms with Crippen LogP contribution < -0.4 is 5.32 Å². The van der Waals surface area contributed by atoms with Gasteiger partial charge in [0.1, 0.15) is 13.2 Å². The Bertz CT molecular complexity index is 1420. The van der Waals surface area contributed by atoms with Gasteiger partial charge in [0.05, 0.1) is 44.0 Å². The Balaban J connectivity index is 1.58. The molecule has 0 aromatic carbocycles. The SMILES string of the molecule is Cc1cc(C(F)F)c2c(C)nn(CC(=O)Nc3c(C)nn(Cn4nc(C)c(Br)c4C)c3C)c2n1. The van der Waals surface area contributed by atoms with Crippen molar-refractivity contribution in [3.8, 4) is 0 Å². The molecule has 0 unspecified atom stereocenters. The van der Waals surface area contributed by atoms with Crippen LogP contribution in [0, 0.1) is 41.5 Å². The Morgan fingerprint density at radius 3 is 2.21 bits per heavy atom. The number of anilines is 1. The van der Waals surface area contributed by atoms with Crippen LogP contribution in [0.2, 0.25) is 0 Å². The van der Waals surface area contributed by atoms with Crippen molar-refractivity contribution < 1.29 is 13.6 Å². The van der Waals surface area contributed by atoms with E-state index in [1.54, 1.807) is 18.5 Å². The summed E-state index contributed by atoms with van der Waals surface area (Å²) in [6, 6.07) is 1.36. The van der Waals surface area contributed by atoms with Crippen LogP contribution in [-0.4, -0.2) is 40.2 Å². The number of aryl methyl sites for hydroxylation is 4. The number of hydrogen-bond acceptors (Lipinski definition) is 5. The maximum Gasteiger partial charge on any atom is 0.264 e. The van der Waals surface area contributed by atoms with Crippen molar-refractivity contribution in [2.24, 2.45) is 0 Å². The first kappa shape index (κ1) is 24.0. The van der Waals surface area contributed by atoms with Crippen molar-refractivity contribution in [1.29, 1.82) is 0 Å². The molecular weight excluding hydrogens is 510 g/mol. The third-order valence-electron chi connectivity index (χ3n) is 5.77. The minimum Gasteiger partial charge on any atom is -0.321 e. The van der Waals surface area contributed by atoms with Crippen LogP contribution in [0.1, 0.15) is 46.2 Å². The van der Waals surface area contributed by atoms with Crippen molar-refractivity contribution in [2.75, 3.05) is 5.32 Å². The highest BCUT2D eigenvalue weighted by molar-refractivity contribution is 9.10. The van der Waals surface area contributed by atoms with Gasteiger partial charge in [0.25, 0.3) is 6.43 Å². The van der Waals surface area contributed by atoms with Gasteiger partial charge in [0, 0.05) is 11.3 Å². The molecule has 0 radical (unpaired) electrons. The highest BCUT2D eigenvalue weighted by Crippen LogP contribution is 2.30. The minimum absolute atomic E-state index is 0.129. The second kappa shape index (κ2) is 8.90. The monoisotopic (exact) mass is 534 g/mol. The molecule has 4 heterocycles. The van der Waals surface area contributed by atoms with E-state index in [0.717, 1.165) is 21.6 Å². The van der Waals surface area contributed by atoms with Gasteiger partial charge in [-0.3, -0.25) is 4.79 Å². The molecule has 180 valence electrons. The molecule has 4 aromatic rings. The fourth-order valence-corrected chi connectivity index (χ4v) is 4.35. The van der Waals surface area contributed by atoms with Gasteiger partial charge < -0.3 is 5.32 Å². The lowest BCUT2D eigenvalue weighted by Crippen LogP contribution is -2.21. The lowest BCUT2D eigenvalue weighted by Gasteiger charge is -2.09. The summed E-state index contributed by atoms with van der Waals surface area (Å²) in [5, 5.41) is 16.5. The highest BCUT2D eigenvalue weighted by atomic mass is 79.9. The molecule has 0 spiro atoms. The topological polar surface area (TPSA) is 95.5 Å². The first-order valence-corrected chi connectivity index (χ1v) is 11.4. The predicted molar refractivity (Wildman–Crippen MR) is 127 cm³/mol. The second-order valence-corrected chi connectivity index (χ2v) is 9.11. The quantitative estimate of drug-likeness (QED) is 0.392. The number of fused-ring (bicyclic) bond motifs is 1. The molecule has 0 saturated carbocycles. The van der Waals surface area contributed by atoms with E-state index < -0.39 is 6.43 Å². The Kier molecular flexibility index (Phi) is 6.28. The first-order valence-electron chi connectivity index (χ1n) is 10.6. The zero-order valence-corrected chi connectivity index (χ0v) is 21.3. The average Bonchev–Trinajstić information content (AvgIpc) is 3.30. The lowest BCUT2D eigenvalue weighted by atomic mass is 10.1. The molecule has 1 amide bonds. The van der Waals surface area contributed by atoms with E-state index in [2.05, 4.69) is 41.5 Å². The molecule has 34 heavy (non-hydrogen) atoms. The number of alkyl halides is 2. The summed E-state index contributed by atoms with van der Waals surface area (Å²) >= 11 is 3.53. The van der Waals surface area contributed by atoms with Crippen LogP contribution in [0.25, 0.3) is 11.0 Å². The van der Waals surface area contributed by atoms with E-state index in [0.29, 0.717) is 29.4 Å². The van der Waals surface area contributed by atoms with Crippen LogP contribution in [0.4, 0.5) is 14.5 Å². The number of nitrogens with zero attached hydrogens (tertiary/aromatic N) is 7. The number of amides is 1. The number of rotatable bonds is 6. The molecule has 0 aliphatic carbocycles. The molecule has 0 aliphatic heterocycles. The largest absolute Gasteiger partial charge is 0.321 e. The van der Waals surface area contributed by atoms with Crippen molar-refractivity contribution in [3.05, 3.63) is 50.3 Å². The number of pyridine rings is 1. The van der Waals surface area contributed by atoms with Crippen LogP contribution >= 0.6 is 15.9 Å². The highest BCUT2D eigenvalue weighted by Gasteiger charge is 2.22. The molecule has 4 rings (SSSR count). The molecule has 0 aliphatic rings. The molecule has 0 saturated heterocycles. The molecule has 4 aromatic heterocycles. The number of carbonyl (C=O) groups excluding carboxylic acids is 1. The van der Waals surface area contributed by atoms with Crippen LogP contribution in [0.5, 0.6) is 0 Å². The van der Waals surface area contributed by atoms with E-state index in [9.17, 15) is 13.6 Å². The zero-order chi connectivity index (χ0) is 24.9. The summed E-state index contributed by atoms with van der Waals surface area (Å²) in [6.07, 6.45) is -2.66. The van der Waals surface area contributed by atoms with E-state index in [-0.39, 0.29) is 29.0 Å². The summed E-state index contributed by atoms with van der Waals surface area (Å²) in [7, 11) is 0.